The lowest BCUT2D eigenvalue weighted by atomic mass is 10.1. The maximum Gasteiger partial charge on any atom is 0.175 e. The van der Waals surface area contributed by atoms with E-state index in [9.17, 15) is 4.79 Å². The Hall–Kier alpha value is -1.19. The first-order valence-electron chi connectivity index (χ1n) is 5.60. The summed E-state index contributed by atoms with van der Waals surface area (Å²) in [4.78, 5) is 12.1. The standard InChI is InChI=1S/C14H13ClO2S/c1-10(18-9-13-3-2-8-17-13)14(16)11-4-6-12(15)7-5-11/h2-8,10H,9H2,1H3/t10-/m1/s1. The highest BCUT2D eigenvalue weighted by Crippen LogP contribution is 2.22. The van der Waals surface area contributed by atoms with Gasteiger partial charge in [0.2, 0.25) is 0 Å². The van der Waals surface area contributed by atoms with Crippen LogP contribution in [0.5, 0.6) is 0 Å². The number of Topliss-reactive ketones (excluding diaryl/α,β-unsaturated/α-hetero) is 1. The lowest BCUT2D eigenvalue weighted by molar-refractivity contribution is 0.0994. The molecule has 1 heterocycles. The minimum atomic E-state index is -0.101. The Morgan fingerprint density at radius 1 is 1.33 bits per heavy atom. The molecule has 18 heavy (non-hydrogen) atoms. The summed E-state index contributed by atoms with van der Waals surface area (Å²) >= 11 is 7.36. The van der Waals surface area contributed by atoms with Gasteiger partial charge in [-0.15, -0.1) is 11.8 Å². The predicted molar refractivity (Wildman–Crippen MR) is 75.2 cm³/mol. The minimum Gasteiger partial charge on any atom is -0.468 e. The van der Waals surface area contributed by atoms with Gasteiger partial charge in [0.25, 0.3) is 0 Å². The summed E-state index contributed by atoms with van der Waals surface area (Å²) in [6, 6.07) is 10.7. The second-order valence-electron chi connectivity index (χ2n) is 3.90. The van der Waals surface area contributed by atoms with E-state index in [0.29, 0.717) is 16.3 Å². The van der Waals surface area contributed by atoms with Gasteiger partial charge in [0.15, 0.2) is 5.78 Å². The number of thioether (sulfide) groups is 1. The summed E-state index contributed by atoms with van der Waals surface area (Å²) in [5, 5.41) is 0.540. The monoisotopic (exact) mass is 280 g/mol. The second kappa shape index (κ2) is 6.12. The summed E-state index contributed by atoms with van der Waals surface area (Å²) < 4.78 is 5.24. The molecule has 0 aliphatic heterocycles. The number of hydrogen-bond acceptors (Lipinski definition) is 3. The zero-order valence-corrected chi connectivity index (χ0v) is 11.5. The molecule has 0 unspecified atom stereocenters. The molecule has 0 N–H and O–H groups in total. The van der Waals surface area contributed by atoms with Crippen LogP contribution in [0.1, 0.15) is 23.0 Å². The molecule has 2 aromatic rings. The lowest BCUT2D eigenvalue weighted by Gasteiger charge is -2.09. The van der Waals surface area contributed by atoms with Crippen LogP contribution in [0.25, 0.3) is 0 Å². The SMILES string of the molecule is C[C@@H](SCc1ccco1)C(=O)c1ccc(Cl)cc1. The van der Waals surface area contributed by atoms with Crippen molar-refractivity contribution in [2.45, 2.75) is 17.9 Å². The van der Waals surface area contributed by atoms with E-state index < -0.39 is 0 Å². The Morgan fingerprint density at radius 3 is 2.67 bits per heavy atom. The molecule has 0 spiro atoms. The Bertz CT molecular complexity index is 505. The van der Waals surface area contributed by atoms with E-state index in [-0.39, 0.29) is 11.0 Å². The Morgan fingerprint density at radius 2 is 2.06 bits per heavy atom. The van der Waals surface area contributed by atoms with Gasteiger partial charge in [-0.25, -0.2) is 0 Å². The molecule has 2 rings (SSSR count). The van der Waals surface area contributed by atoms with Crippen LogP contribution in [0.15, 0.2) is 47.1 Å². The molecule has 0 saturated carbocycles. The maximum absolute atomic E-state index is 12.1. The van der Waals surface area contributed by atoms with Crippen molar-refractivity contribution in [3.8, 4) is 0 Å². The van der Waals surface area contributed by atoms with Crippen molar-refractivity contribution < 1.29 is 9.21 Å². The van der Waals surface area contributed by atoms with E-state index in [1.54, 1.807) is 42.3 Å². The van der Waals surface area contributed by atoms with Crippen LogP contribution in [0.4, 0.5) is 0 Å². The number of carbonyl (C=O) groups excluding carboxylic acids is 1. The van der Waals surface area contributed by atoms with Gasteiger partial charge in [-0.2, -0.15) is 0 Å². The van der Waals surface area contributed by atoms with Gasteiger partial charge in [0.05, 0.1) is 17.3 Å². The van der Waals surface area contributed by atoms with Gasteiger partial charge < -0.3 is 4.42 Å². The highest BCUT2D eigenvalue weighted by Gasteiger charge is 2.16. The number of benzene rings is 1. The number of furan rings is 1. The lowest BCUT2D eigenvalue weighted by Crippen LogP contribution is -2.13. The molecule has 0 amide bonds. The number of ketones is 1. The predicted octanol–water partition coefficient (Wildman–Crippen LogP) is 4.44. The van der Waals surface area contributed by atoms with E-state index in [2.05, 4.69) is 0 Å². The molecule has 0 saturated heterocycles. The second-order valence-corrected chi connectivity index (χ2v) is 5.67. The van der Waals surface area contributed by atoms with E-state index in [1.165, 1.54) is 0 Å². The van der Waals surface area contributed by atoms with Gasteiger partial charge in [-0.1, -0.05) is 11.6 Å². The fraction of sp³-hybridized carbons (Fsp3) is 0.214. The molecule has 4 heteroatoms. The fourth-order valence-electron chi connectivity index (χ4n) is 1.53. The van der Waals surface area contributed by atoms with Gasteiger partial charge in [0.1, 0.15) is 5.76 Å². The maximum atomic E-state index is 12.1. The van der Waals surface area contributed by atoms with Crippen LogP contribution in [-0.2, 0) is 5.75 Å². The highest BCUT2D eigenvalue weighted by atomic mass is 35.5. The van der Waals surface area contributed by atoms with Gasteiger partial charge in [-0.3, -0.25) is 4.79 Å². The summed E-state index contributed by atoms with van der Waals surface area (Å²) in [7, 11) is 0. The van der Waals surface area contributed by atoms with Crippen LogP contribution in [0.3, 0.4) is 0 Å². The molecule has 0 aliphatic carbocycles. The third-order valence-corrected chi connectivity index (χ3v) is 3.97. The van der Waals surface area contributed by atoms with E-state index in [0.717, 1.165) is 5.76 Å². The third-order valence-electron chi connectivity index (χ3n) is 2.55. The summed E-state index contributed by atoms with van der Waals surface area (Å²) in [5.74, 6) is 1.70. The average molecular weight is 281 g/mol. The largest absolute Gasteiger partial charge is 0.468 e. The van der Waals surface area contributed by atoms with Crippen molar-refractivity contribution in [3.63, 3.8) is 0 Å². The number of hydrogen-bond donors (Lipinski definition) is 0. The molecule has 1 aromatic carbocycles. The van der Waals surface area contributed by atoms with Crippen molar-refractivity contribution in [1.82, 2.24) is 0 Å². The zero-order chi connectivity index (χ0) is 13.0. The molecule has 0 aliphatic rings. The molecule has 0 radical (unpaired) electrons. The van der Waals surface area contributed by atoms with Crippen LogP contribution in [0.2, 0.25) is 5.02 Å². The molecule has 0 bridgehead atoms. The van der Waals surface area contributed by atoms with Crippen LogP contribution < -0.4 is 0 Å². The van der Waals surface area contributed by atoms with Crippen LogP contribution in [0, 0.1) is 0 Å². The quantitative estimate of drug-likeness (QED) is 0.759. The molecular weight excluding hydrogens is 268 g/mol. The van der Waals surface area contributed by atoms with Gasteiger partial charge >= 0.3 is 0 Å². The van der Waals surface area contributed by atoms with E-state index in [1.807, 2.05) is 19.1 Å². The number of rotatable bonds is 5. The molecule has 2 nitrogen and oxygen atoms in total. The first-order valence-corrected chi connectivity index (χ1v) is 7.03. The van der Waals surface area contributed by atoms with Crippen molar-refractivity contribution >= 4 is 29.1 Å². The molecule has 1 aromatic heterocycles. The Balaban J connectivity index is 1.94. The number of carbonyl (C=O) groups is 1. The summed E-state index contributed by atoms with van der Waals surface area (Å²) in [6.45, 7) is 1.91. The van der Waals surface area contributed by atoms with Crippen molar-refractivity contribution in [3.05, 3.63) is 59.0 Å². The average Bonchev–Trinajstić information content (AvgIpc) is 2.89. The summed E-state index contributed by atoms with van der Waals surface area (Å²) in [5.41, 5.74) is 0.693. The molecule has 0 fully saturated rings. The fourth-order valence-corrected chi connectivity index (χ4v) is 2.52. The zero-order valence-electron chi connectivity index (χ0n) is 9.93. The highest BCUT2D eigenvalue weighted by molar-refractivity contribution is 7.99. The third kappa shape index (κ3) is 3.40. The van der Waals surface area contributed by atoms with Crippen LogP contribution >= 0.6 is 23.4 Å². The molecule has 94 valence electrons. The van der Waals surface area contributed by atoms with Crippen molar-refractivity contribution in [2.24, 2.45) is 0 Å². The normalized spacial score (nSPS) is 12.3. The first kappa shape index (κ1) is 13.2. The van der Waals surface area contributed by atoms with Crippen molar-refractivity contribution in [1.29, 1.82) is 0 Å². The van der Waals surface area contributed by atoms with Gasteiger partial charge in [0, 0.05) is 10.6 Å². The Labute approximate surface area is 115 Å². The summed E-state index contributed by atoms with van der Waals surface area (Å²) in [6.07, 6.45) is 1.64. The first-order chi connectivity index (χ1) is 8.66. The minimum absolute atomic E-state index is 0.101. The smallest absolute Gasteiger partial charge is 0.175 e. The molecule has 1 atom stereocenters. The van der Waals surface area contributed by atoms with Crippen LogP contribution in [-0.4, -0.2) is 11.0 Å². The van der Waals surface area contributed by atoms with Gasteiger partial charge in [-0.05, 0) is 43.3 Å². The van der Waals surface area contributed by atoms with E-state index >= 15 is 0 Å². The van der Waals surface area contributed by atoms with Crippen molar-refractivity contribution in [2.75, 3.05) is 0 Å². The Kier molecular flexibility index (Phi) is 4.50. The number of halogens is 1. The van der Waals surface area contributed by atoms with E-state index in [4.69, 9.17) is 16.0 Å². The molecular formula is C14H13ClO2S. The topological polar surface area (TPSA) is 30.2 Å².